The summed E-state index contributed by atoms with van der Waals surface area (Å²) in [5.74, 6) is 1.08. The highest BCUT2D eigenvalue weighted by Gasteiger charge is 2.34. The summed E-state index contributed by atoms with van der Waals surface area (Å²) < 4.78 is 16.2. The van der Waals surface area contributed by atoms with Gasteiger partial charge in [0.1, 0.15) is 11.9 Å². The van der Waals surface area contributed by atoms with Crippen molar-refractivity contribution < 1.29 is 23.8 Å². The number of nitrogens with two attached hydrogens (primary N) is 1. The van der Waals surface area contributed by atoms with Gasteiger partial charge in [0, 0.05) is 11.8 Å². The number of nitrogens with one attached hydrogen (secondary N) is 1. The van der Waals surface area contributed by atoms with E-state index in [9.17, 15) is 9.59 Å². The molecule has 1 atom stereocenters. The lowest BCUT2D eigenvalue weighted by Gasteiger charge is -2.38. The fraction of sp³-hybridized carbons (Fsp3) is 0.130. The third-order valence-electron chi connectivity index (χ3n) is 5.14. The molecule has 8 nitrogen and oxygen atoms in total. The molecule has 2 amide bonds. The standard InChI is InChI=1S/C23H19N3O5/c24-21(27)12-29-16-8-5-14(6-9-16)22-25-18-4-2-1-3-17(18)23(28)26(22)15-7-10-19-20(11-15)31-13-30-19/h1-11,22,25H,12-13H2,(H2,24,27). The molecule has 2 aliphatic rings. The fourth-order valence-corrected chi connectivity index (χ4v) is 3.69. The van der Waals surface area contributed by atoms with Crippen LogP contribution in [0.15, 0.2) is 66.7 Å². The number of primary amides is 1. The molecule has 156 valence electrons. The smallest absolute Gasteiger partial charge is 0.262 e. The minimum atomic E-state index is -0.547. The van der Waals surface area contributed by atoms with Crippen molar-refractivity contribution in [2.24, 2.45) is 5.73 Å². The number of fused-ring (bicyclic) bond motifs is 2. The molecule has 0 bridgehead atoms. The molecule has 0 aliphatic carbocycles. The van der Waals surface area contributed by atoms with Gasteiger partial charge in [-0.05, 0) is 42.0 Å². The number of carbonyl (C=O) groups is 2. The van der Waals surface area contributed by atoms with E-state index in [1.54, 1.807) is 35.2 Å². The average molecular weight is 417 g/mol. The first-order valence-corrected chi connectivity index (χ1v) is 9.70. The number of ether oxygens (including phenoxy) is 3. The van der Waals surface area contributed by atoms with E-state index >= 15 is 0 Å². The van der Waals surface area contributed by atoms with Crippen LogP contribution in [0.25, 0.3) is 0 Å². The molecule has 3 aromatic rings. The van der Waals surface area contributed by atoms with Crippen LogP contribution in [0, 0.1) is 0 Å². The van der Waals surface area contributed by atoms with Crippen LogP contribution < -0.4 is 30.2 Å². The van der Waals surface area contributed by atoms with Crippen LogP contribution in [-0.4, -0.2) is 25.2 Å². The Kier molecular flexibility index (Phi) is 4.59. The quantitative estimate of drug-likeness (QED) is 0.661. The minimum Gasteiger partial charge on any atom is -0.484 e. The molecule has 0 fully saturated rings. The van der Waals surface area contributed by atoms with Crippen molar-refractivity contribution in [1.29, 1.82) is 0 Å². The Morgan fingerprint density at radius 3 is 2.65 bits per heavy atom. The number of rotatable bonds is 5. The number of nitrogens with zero attached hydrogens (tertiary/aromatic N) is 1. The van der Waals surface area contributed by atoms with Gasteiger partial charge in [-0.1, -0.05) is 24.3 Å². The second-order valence-electron chi connectivity index (χ2n) is 7.13. The summed E-state index contributed by atoms with van der Waals surface area (Å²) in [4.78, 5) is 26.1. The van der Waals surface area contributed by atoms with E-state index in [1.807, 2.05) is 36.4 Å². The van der Waals surface area contributed by atoms with Crippen LogP contribution in [0.3, 0.4) is 0 Å². The second kappa shape index (κ2) is 7.56. The monoisotopic (exact) mass is 417 g/mol. The molecule has 0 aromatic heterocycles. The maximum atomic E-state index is 13.5. The van der Waals surface area contributed by atoms with Gasteiger partial charge in [0.05, 0.1) is 11.3 Å². The Morgan fingerprint density at radius 1 is 1.06 bits per heavy atom. The molecule has 8 heteroatoms. The predicted octanol–water partition coefficient (Wildman–Crippen LogP) is 3.05. The predicted molar refractivity (Wildman–Crippen MR) is 113 cm³/mol. The van der Waals surface area contributed by atoms with Crippen LogP contribution >= 0.6 is 0 Å². The molecule has 0 radical (unpaired) electrons. The van der Waals surface area contributed by atoms with E-state index in [0.717, 1.165) is 11.3 Å². The van der Waals surface area contributed by atoms with Gasteiger partial charge in [-0.15, -0.1) is 0 Å². The van der Waals surface area contributed by atoms with E-state index < -0.39 is 12.1 Å². The zero-order valence-electron chi connectivity index (χ0n) is 16.4. The molecule has 3 N–H and O–H groups in total. The van der Waals surface area contributed by atoms with Gasteiger partial charge in [-0.25, -0.2) is 0 Å². The number of amides is 2. The lowest BCUT2D eigenvalue weighted by Crippen LogP contribution is -2.43. The molecule has 3 aromatic carbocycles. The third kappa shape index (κ3) is 3.48. The lowest BCUT2D eigenvalue weighted by molar-refractivity contribution is -0.119. The van der Waals surface area contributed by atoms with Gasteiger partial charge < -0.3 is 25.3 Å². The first-order valence-electron chi connectivity index (χ1n) is 9.70. The number of para-hydroxylation sites is 1. The lowest BCUT2D eigenvalue weighted by atomic mass is 10.0. The topological polar surface area (TPSA) is 103 Å². The molecule has 0 spiro atoms. The van der Waals surface area contributed by atoms with E-state index in [2.05, 4.69) is 5.32 Å². The highest BCUT2D eigenvalue weighted by atomic mass is 16.7. The largest absolute Gasteiger partial charge is 0.484 e. The zero-order chi connectivity index (χ0) is 21.4. The van der Waals surface area contributed by atoms with Crippen molar-refractivity contribution in [3.8, 4) is 17.2 Å². The number of carbonyl (C=O) groups excluding carboxylic acids is 2. The molecular formula is C23H19N3O5. The number of hydrogen-bond acceptors (Lipinski definition) is 6. The van der Waals surface area contributed by atoms with E-state index in [4.69, 9.17) is 19.9 Å². The number of hydrogen-bond donors (Lipinski definition) is 2. The number of anilines is 2. The fourth-order valence-electron chi connectivity index (χ4n) is 3.69. The van der Waals surface area contributed by atoms with Crippen molar-refractivity contribution in [2.45, 2.75) is 6.17 Å². The van der Waals surface area contributed by atoms with Gasteiger partial charge in [-0.2, -0.15) is 0 Å². The highest BCUT2D eigenvalue weighted by Crippen LogP contribution is 2.41. The summed E-state index contributed by atoms with van der Waals surface area (Å²) in [7, 11) is 0. The zero-order valence-corrected chi connectivity index (χ0v) is 16.4. The van der Waals surface area contributed by atoms with Crippen LogP contribution in [0.1, 0.15) is 22.1 Å². The molecule has 2 heterocycles. The van der Waals surface area contributed by atoms with Crippen molar-refractivity contribution >= 4 is 23.2 Å². The van der Waals surface area contributed by atoms with E-state index in [0.29, 0.717) is 28.5 Å². The Hall–Kier alpha value is -4.20. The highest BCUT2D eigenvalue weighted by molar-refractivity contribution is 6.12. The minimum absolute atomic E-state index is 0.132. The summed E-state index contributed by atoms with van der Waals surface area (Å²) >= 11 is 0. The van der Waals surface area contributed by atoms with Gasteiger partial charge in [0.15, 0.2) is 18.1 Å². The summed E-state index contributed by atoms with van der Waals surface area (Å²) in [5.41, 5.74) is 7.98. The maximum absolute atomic E-state index is 13.5. The average Bonchev–Trinajstić information content (AvgIpc) is 3.26. The second-order valence-corrected chi connectivity index (χ2v) is 7.13. The Morgan fingerprint density at radius 2 is 1.84 bits per heavy atom. The van der Waals surface area contributed by atoms with E-state index in [1.165, 1.54) is 0 Å². The van der Waals surface area contributed by atoms with Gasteiger partial charge >= 0.3 is 0 Å². The third-order valence-corrected chi connectivity index (χ3v) is 5.14. The molecule has 1 unspecified atom stereocenters. The summed E-state index contributed by atoms with van der Waals surface area (Å²) in [5, 5.41) is 3.45. The van der Waals surface area contributed by atoms with Crippen molar-refractivity contribution in [3.05, 3.63) is 77.9 Å². The van der Waals surface area contributed by atoms with Crippen molar-refractivity contribution in [2.75, 3.05) is 23.6 Å². The molecule has 0 saturated heterocycles. The van der Waals surface area contributed by atoms with Crippen LogP contribution in [0.2, 0.25) is 0 Å². The summed E-state index contributed by atoms with van der Waals surface area (Å²) in [6.07, 6.45) is -0.465. The van der Waals surface area contributed by atoms with Crippen molar-refractivity contribution in [1.82, 2.24) is 0 Å². The molecule has 0 saturated carbocycles. The molecule has 5 rings (SSSR count). The van der Waals surface area contributed by atoms with Crippen LogP contribution in [-0.2, 0) is 4.79 Å². The molecule has 31 heavy (non-hydrogen) atoms. The number of benzene rings is 3. The van der Waals surface area contributed by atoms with Crippen molar-refractivity contribution in [3.63, 3.8) is 0 Å². The molecular weight excluding hydrogens is 398 g/mol. The van der Waals surface area contributed by atoms with Gasteiger partial charge in [0.25, 0.3) is 11.8 Å². The van der Waals surface area contributed by atoms with Crippen LogP contribution in [0.4, 0.5) is 11.4 Å². The Labute approximate surface area is 178 Å². The Balaban J connectivity index is 1.53. The van der Waals surface area contributed by atoms with Crippen LogP contribution in [0.5, 0.6) is 17.2 Å². The SMILES string of the molecule is NC(=O)COc1ccc(C2Nc3ccccc3C(=O)N2c2ccc3c(c2)OCO3)cc1. The first kappa shape index (κ1) is 18.8. The summed E-state index contributed by atoms with van der Waals surface area (Å²) in [6, 6.07) is 20.0. The van der Waals surface area contributed by atoms with E-state index in [-0.39, 0.29) is 19.3 Å². The van der Waals surface area contributed by atoms with Gasteiger partial charge in [-0.3, -0.25) is 14.5 Å². The maximum Gasteiger partial charge on any atom is 0.262 e. The first-order chi connectivity index (χ1) is 15.1. The Bertz CT molecular complexity index is 1160. The normalized spacial score (nSPS) is 16.5. The van der Waals surface area contributed by atoms with Gasteiger partial charge in [0.2, 0.25) is 6.79 Å². The molecule has 2 aliphatic heterocycles. The summed E-state index contributed by atoms with van der Waals surface area (Å²) in [6.45, 7) is -0.0415.